The Balaban J connectivity index is 1.44. The number of rotatable bonds is 5. The molecule has 2 aromatic rings. The zero-order chi connectivity index (χ0) is 19.6. The van der Waals surface area contributed by atoms with Crippen LogP contribution in [0.4, 0.5) is 0 Å². The maximum Gasteiger partial charge on any atom is 0.240 e. The van der Waals surface area contributed by atoms with Crippen molar-refractivity contribution in [2.24, 2.45) is 5.41 Å². The number of aromatic nitrogens is 2. The topological polar surface area (TPSA) is 73.0 Å². The van der Waals surface area contributed by atoms with Crippen LogP contribution in [-0.2, 0) is 11.3 Å². The standard InChI is InChI=1S/C22H31N5O/c1-16(2)27(14-18-12-19(26-25-18)17-6-4-3-5-7-17)21(28)20-13-22(15-24-20)8-10-23-11-9-22/h3-7,12,16,20,23-24H,8-11,13-15H2,1-2H3,(H,25,26)/t20-/m0/s1. The lowest BCUT2D eigenvalue weighted by Crippen LogP contribution is -2.46. The number of hydrogen-bond donors (Lipinski definition) is 3. The molecule has 28 heavy (non-hydrogen) atoms. The molecule has 2 saturated heterocycles. The highest BCUT2D eigenvalue weighted by Gasteiger charge is 2.43. The van der Waals surface area contributed by atoms with Gasteiger partial charge in [0.15, 0.2) is 0 Å². The van der Waals surface area contributed by atoms with Crippen LogP contribution in [0, 0.1) is 5.41 Å². The Labute approximate surface area is 167 Å². The van der Waals surface area contributed by atoms with E-state index in [1.165, 1.54) is 0 Å². The van der Waals surface area contributed by atoms with Gasteiger partial charge in [0.1, 0.15) is 0 Å². The normalized spacial score (nSPS) is 21.3. The molecular weight excluding hydrogens is 350 g/mol. The molecule has 3 heterocycles. The molecule has 2 aliphatic heterocycles. The highest BCUT2D eigenvalue weighted by Crippen LogP contribution is 2.38. The second kappa shape index (κ2) is 8.05. The summed E-state index contributed by atoms with van der Waals surface area (Å²) in [6.07, 6.45) is 3.27. The predicted molar refractivity (Wildman–Crippen MR) is 111 cm³/mol. The second-order valence-electron chi connectivity index (χ2n) is 8.59. The quantitative estimate of drug-likeness (QED) is 0.744. The van der Waals surface area contributed by atoms with Crippen LogP contribution >= 0.6 is 0 Å². The summed E-state index contributed by atoms with van der Waals surface area (Å²) in [4.78, 5) is 15.3. The smallest absolute Gasteiger partial charge is 0.240 e. The molecule has 1 spiro atoms. The summed E-state index contributed by atoms with van der Waals surface area (Å²) in [6, 6.07) is 12.2. The molecule has 0 radical (unpaired) electrons. The summed E-state index contributed by atoms with van der Waals surface area (Å²) in [7, 11) is 0. The van der Waals surface area contributed by atoms with Crippen LogP contribution < -0.4 is 10.6 Å². The van der Waals surface area contributed by atoms with Gasteiger partial charge in [0.05, 0.1) is 24.0 Å². The maximum absolute atomic E-state index is 13.3. The van der Waals surface area contributed by atoms with Crippen LogP contribution in [-0.4, -0.2) is 52.7 Å². The van der Waals surface area contributed by atoms with Crippen molar-refractivity contribution in [3.05, 3.63) is 42.1 Å². The fourth-order valence-corrected chi connectivity index (χ4v) is 4.53. The number of benzene rings is 1. The van der Waals surface area contributed by atoms with Gasteiger partial charge in [0, 0.05) is 18.2 Å². The van der Waals surface area contributed by atoms with E-state index < -0.39 is 0 Å². The van der Waals surface area contributed by atoms with Crippen molar-refractivity contribution in [1.29, 1.82) is 0 Å². The van der Waals surface area contributed by atoms with Gasteiger partial charge in [0.25, 0.3) is 0 Å². The molecule has 2 aliphatic rings. The average molecular weight is 382 g/mol. The Bertz CT molecular complexity index is 794. The number of nitrogens with zero attached hydrogens (tertiary/aromatic N) is 2. The minimum atomic E-state index is -0.0722. The van der Waals surface area contributed by atoms with E-state index >= 15 is 0 Å². The second-order valence-corrected chi connectivity index (χ2v) is 8.59. The summed E-state index contributed by atoms with van der Waals surface area (Å²) < 4.78 is 0. The van der Waals surface area contributed by atoms with E-state index in [1.807, 2.05) is 41.3 Å². The summed E-state index contributed by atoms with van der Waals surface area (Å²) in [6.45, 7) is 7.81. The minimum Gasteiger partial charge on any atom is -0.333 e. The van der Waals surface area contributed by atoms with Crippen LogP contribution in [0.15, 0.2) is 36.4 Å². The van der Waals surface area contributed by atoms with E-state index in [9.17, 15) is 4.79 Å². The molecule has 0 bridgehead atoms. The molecule has 1 atom stereocenters. The van der Waals surface area contributed by atoms with Crippen molar-refractivity contribution in [1.82, 2.24) is 25.7 Å². The third-order valence-electron chi connectivity index (χ3n) is 6.27. The highest BCUT2D eigenvalue weighted by molar-refractivity contribution is 5.82. The van der Waals surface area contributed by atoms with Crippen molar-refractivity contribution in [2.75, 3.05) is 19.6 Å². The molecule has 4 rings (SSSR count). The Morgan fingerprint density at radius 1 is 1.25 bits per heavy atom. The first-order valence-corrected chi connectivity index (χ1v) is 10.4. The van der Waals surface area contributed by atoms with Crippen molar-refractivity contribution in [3.63, 3.8) is 0 Å². The van der Waals surface area contributed by atoms with Gasteiger partial charge >= 0.3 is 0 Å². The van der Waals surface area contributed by atoms with E-state index in [1.54, 1.807) is 0 Å². The molecule has 1 amide bonds. The Morgan fingerprint density at radius 2 is 2.00 bits per heavy atom. The molecule has 1 aromatic heterocycles. The number of H-pyrrole nitrogens is 1. The number of piperidine rings is 1. The summed E-state index contributed by atoms with van der Waals surface area (Å²) in [5.74, 6) is 0.210. The average Bonchev–Trinajstić information content (AvgIpc) is 3.34. The largest absolute Gasteiger partial charge is 0.333 e. The summed E-state index contributed by atoms with van der Waals surface area (Å²) in [5, 5.41) is 14.5. The van der Waals surface area contributed by atoms with Gasteiger partial charge in [0.2, 0.25) is 5.91 Å². The van der Waals surface area contributed by atoms with Crippen molar-refractivity contribution >= 4 is 5.91 Å². The number of carbonyl (C=O) groups is 1. The van der Waals surface area contributed by atoms with Crippen molar-refractivity contribution in [3.8, 4) is 11.3 Å². The molecule has 1 aromatic carbocycles. The number of carbonyl (C=O) groups excluding carboxylic acids is 1. The number of hydrogen-bond acceptors (Lipinski definition) is 4. The molecule has 2 fully saturated rings. The fraction of sp³-hybridized carbons (Fsp3) is 0.545. The Morgan fingerprint density at radius 3 is 2.71 bits per heavy atom. The molecule has 150 valence electrons. The number of nitrogens with one attached hydrogen (secondary N) is 3. The highest BCUT2D eigenvalue weighted by atomic mass is 16.2. The molecule has 6 heteroatoms. The van der Waals surface area contributed by atoms with Crippen LogP contribution in [0.1, 0.15) is 38.8 Å². The third kappa shape index (κ3) is 3.98. The maximum atomic E-state index is 13.3. The van der Waals surface area contributed by atoms with E-state index in [-0.39, 0.29) is 18.0 Å². The first-order chi connectivity index (χ1) is 13.6. The van der Waals surface area contributed by atoms with Crippen LogP contribution in [0.2, 0.25) is 0 Å². The van der Waals surface area contributed by atoms with Gasteiger partial charge in [-0.25, -0.2) is 0 Å². The van der Waals surface area contributed by atoms with Gasteiger partial charge in [-0.1, -0.05) is 30.3 Å². The van der Waals surface area contributed by atoms with E-state index in [0.29, 0.717) is 12.0 Å². The third-order valence-corrected chi connectivity index (χ3v) is 6.27. The van der Waals surface area contributed by atoms with E-state index in [2.05, 4.69) is 34.7 Å². The van der Waals surface area contributed by atoms with Crippen molar-refractivity contribution < 1.29 is 4.79 Å². The zero-order valence-electron chi connectivity index (χ0n) is 16.9. The van der Waals surface area contributed by atoms with E-state index in [0.717, 1.165) is 55.8 Å². The summed E-state index contributed by atoms with van der Waals surface area (Å²) in [5.41, 5.74) is 3.26. The van der Waals surface area contributed by atoms with Crippen LogP contribution in [0.25, 0.3) is 11.3 Å². The molecule has 0 aliphatic carbocycles. The first-order valence-electron chi connectivity index (χ1n) is 10.4. The van der Waals surface area contributed by atoms with Crippen molar-refractivity contribution in [2.45, 2.75) is 51.7 Å². The molecule has 6 nitrogen and oxygen atoms in total. The molecule has 0 saturated carbocycles. The van der Waals surface area contributed by atoms with Gasteiger partial charge in [-0.05, 0) is 57.7 Å². The lowest BCUT2D eigenvalue weighted by Gasteiger charge is -2.33. The van der Waals surface area contributed by atoms with Gasteiger partial charge in [-0.15, -0.1) is 0 Å². The summed E-state index contributed by atoms with van der Waals surface area (Å²) >= 11 is 0. The predicted octanol–water partition coefficient (Wildman–Crippen LogP) is 2.55. The molecule has 0 unspecified atom stereocenters. The SMILES string of the molecule is CC(C)N(Cc1cc(-c2ccccc2)n[nH]1)C(=O)[C@@H]1CC2(CCNCC2)CN1. The zero-order valence-corrected chi connectivity index (χ0v) is 16.9. The van der Waals surface area contributed by atoms with Gasteiger partial charge in [-0.2, -0.15) is 5.10 Å². The Kier molecular flexibility index (Phi) is 5.51. The van der Waals surface area contributed by atoms with Gasteiger partial charge in [-0.3, -0.25) is 9.89 Å². The van der Waals surface area contributed by atoms with Gasteiger partial charge < -0.3 is 15.5 Å². The van der Waals surface area contributed by atoms with Crippen LogP contribution in [0.3, 0.4) is 0 Å². The minimum absolute atomic E-state index is 0.0722. The van der Waals surface area contributed by atoms with E-state index in [4.69, 9.17) is 0 Å². The monoisotopic (exact) mass is 381 g/mol. The fourth-order valence-electron chi connectivity index (χ4n) is 4.53. The van der Waals surface area contributed by atoms with Crippen LogP contribution in [0.5, 0.6) is 0 Å². The number of amides is 1. The first kappa shape index (κ1) is 19.2. The molecule has 3 N–H and O–H groups in total. The lowest BCUT2D eigenvalue weighted by molar-refractivity contribution is -0.135. The molecular formula is C22H31N5O. The lowest BCUT2D eigenvalue weighted by atomic mass is 9.77. The Hall–Kier alpha value is -2.18. The number of aromatic amines is 1.